The first kappa shape index (κ1) is 26.1. The van der Waals surface area contributed by atoms with Crippen molar-refractivity contribution in [3.8, 4) is 12.1 Å². The van der Waals surface area contributed by atoms with Crippen LogP contribution in [0.1, 0.15) is 104 Å². The summed E-state index contributed by atoms with van der Waals surface area (Å²) in [6.07, 6.45) is 12.5. The van der Waals surface area contributed by atoms with Gasteiger partial charge in [0.15, 0.2) is 0 Å². The number of hydrogen-bond acceptors (Lipinski definition) is 7. The molecule has 3 aromatic rings. The molecule has 38 heavy (non-hydrogen) atoms. The molecule has 2 aliphatic rings. The van der Waals surface area contributed by atoms with Gasteiger partial charge in [0.05, 0.1) is 11.1 Å². The van der Waals surface area contributed by atoms with Crippen molar-refractivity contribution in [1.29, 1.82) is 10.5 Å². The second-order valence-corrected chi connectivity index (χ2v) is 12.0. The van der Waals surface area contributed by atoms with Crippen molar-refractivity contribution in [3.05, 3.63) is 61.6 Å². The van der Waals surface area contributed by atoms with Crippen LogP contribution in [0.2, 0.25) is 0 Å². The number of nitrogens with zero attached hydrogens (tertiary/aromatic N) is 3. The quantitative estimate of drug-likeness (QED) is 0.376. The van der Waals surface area contributed by atoms with Crippen molar-refractivity contribution >= 4 is 44.5 Å². The Morgan fingerprint density at radius 3 is 1.53 bits per heavy atom. The van der Waals surface area contributed by atoms with Gasteiger partial charge in [-0.05, 0) is 74.6 Å². The van der Waals surface area contributed by atoms with Crippen LogP contribution in [0.15, 0.2) is 18.2 Å². The number of pyridine rings is 1. The van der Waals surface area contributed by atoms with Gasteiger partial charge in [0.1, 0.15) is 33.5 Å². The molecule has 0 fully saturated rings. The first-order chi connectivity index (χ1) is 18.6. The number of aryl methyl sites for hydroxylation is 2. The fraction of sp³-hybridized carbons (Fsp3) is 0.414. The molecule has 0 radical (unpaired) electrons. The molecule has 0 unspecified atom stereocenters. The summed E-state index contributed by atoms with van der Waals surface area (Å²) in [7, 11) is 0. The molecule has 2 amide bonds. The lowest BCUT2D eigenvalue weighted by Crippen LogP contribution is -2.18. The number of nitriles is 2. The van der Waals surface area contributed by atoms with Crippen LogP contribution in [-0.2, 0) is 25.7 Å². The van der Waals surface area contributed by atoms with Crippen LogP contribution >= 0.6 is 22.7 Å². The molecule has 0 spiro atoms. The monoisotopic (exact) mass is 543 g/mol. The maximum absolute atomic E-state index is 13.1. The molecule has 3 aromatic heterocycles. The Balaban J connectivity index is 1.34. The van der Waals surface area contributed by atoms with Crippen LogP contribution in [-0.4, -0.2) is 16.8 Å². The molecule has 0 aromatic carbocycles. The van der Waals surface area contributed by atoms with E-state index in [1.807, 2.05) is 0 Å². The summed E-state index contributed by atoms with van der Waals surface area (Å²) in [5.41, 5.74) is 3.42. The molecule has 9 heteroatoms. The van der Waals surface area contributed by atoms with Gasteiger partial charge in [0.2, 0.25) is 0 Å². The van der Waals surface area contributed by atoms with Gasteiger partial charge in [0.25, 0.3) is 11.8 Å². The number of carbonyl (C=O) groups is 2. The van der Waals surface area contributed by atoms with Gasteiger partial charge in [-0.3, -0.25) is 9.59 Å². The molecule has 2 aliphatic carbocycles. The number of fused-ring (bicyclic) bond motifs is 2. The summed E-state index contributed by atoms with van der Waals surface area (Å²) in [5.74, 6) is -0.913. The van der Waals surface area contributed by atoms with E-state index >= 15 is 0 Å². The van der Waals surface area contributed by atoms with Gasteiger partial charge in [-0.1, -0.05) is 31.7 Å². The molecule has 7 nitrogen and oxygen atoms in total. The standard InChI is InChI=1S/C29H29N5O2S2/c30-16-20-18-10-5-1-3-7-14-24(18)37-28(20)33-26(35)22-12-9-13-23(32-22)27(36)34-29-21(17-31)19-11-6-2-4-8-15-25(19)38-29/h9,12-13H,1-8,10-11,14-15H2,(H,33,35)(H,34,36). The number of rotatable bonds is 4. The zero-order valence-corrected chi connectivity index (χ0v) is 22.8. The number of anilines is 2. The van der Waals surface area contributed by atoms with E-state index in [0.29, 0.717) is 21.1 Å². The van der Waals surface area contributed by atoms with Gasteiger partial charge in [-0.15, -0.1) is 22.7 Å². The van der Waals surface area contributed by atoms with Crippen molar-refractivity contribution in [2.75, 3.05) is 10.6 Å². The topological polar surface area (TPSA) is 119 Å². The predicted octanol–water partition coefficient (Wildman–Crippen LogP) is 6.77. The third kappa shape index (κ3) is 5.50. The van der Waals surface area contributed by atoms with E-state index in [2.05, 4.69) is 27.8 Å². The average Bonchev–Trinajstić information content (AvgIpc) is 3.38. The molecule has 0 atom stereocenters. The minimum absolute atomic E-state index is 0.0984. The second-order valence-electron chi connectivity index (χ2n) is 9.78. The zero-order chi connectivity index (χ0) is 26.5. The van der Waals surface area contributed by atoms with Crippen LogP contribution in [0.25, 0.3) is 0 Å². The Morgan fingerprint density at radius 2 is 1.11 bits per heavy atom. The van der Waals surface area contributed by atoms with E-state index in [1.165, 1.54) is 45.3 Å². The van der Waals surface area contributed by atoms with Crippen LogP contribution in [0.3, 0.4) is 0 Å². The second kappa shape index (κ2) is 11.9. The molecule has 0 bridgehead atoms. The van der Waals surface area contributed by atoms with Crippen LogP contribution < -0.4 is 10.6 Å². The maximum atomic E-state index is 13.1. The number of amides is 2. The Morgan fingerprint density at radius 1 is 0.684 bits per heavy atom. The normalized spacial score (nSPS) is 15.3. The molecular formula is C29H29N5O2S2. The van der Waals surface area contributed by atoms with E-state index in [1.54, 1.807) is 18.2 Å². The Labute approximate surface area is 230 Å². The van der Waals surface area contributed by atoms with Crippen LogP contribution in [0.5, 0.6) is 0 Å². The molecule has 0 saturated carbocycles. The predicted molar refractivity (Wildman–Crippen MR) is 150 cm³/mol. The SMILES string of the molecule is N#Cc1c(NC(=O)c2cccc(C(=O)Nc3sc4c(c3C#N)CCCCCC4)n2)sc2c1CCCCCC2. The summed E-state index contributed by atoms with van der Waals surface area (Å²) < 4.78 is 0. The number of thiophene rings is 2. The Bertz CT molecular complexity index is 1350. The van der Waals surface area contributed by atoms with Crippen molar-refractivity contribution in [2.45, 2.75) is 77.0 Å². The van der Waals surface area contributed by atoms with E-state index < -0.39 is 11.8 Å². The van der Waals surface area contributed by atoms with Gasteiger partial charge in [-0.25, -0.2) is 4.98 Å². The highest BCUT2D eigenvalue weighted by Gasteiger charge is 2.23. The smallest absolute Gasteiger partial charge is 0.274 e. The summed E-state index contributed by atoms with van der Waals surface area (Å²) in [6.45, 7) is 0. The maximum Gasteiger partial charge on any atom is 0.274 e. The van der Waals surface area contributed by atoms with Gasteiger partial charge < -0.3 is 10.6 Å². The first-order valence-electron chi connectivity index (χ1n) is 13.3. The van der Waals surface area contributed by atoms with Crippen LogP contribution in [0.4, 0.5) is 10.0 Å². The third-order valence-electron chi connectivity index (χ3n) is 7.23. The number of carbonyl (C=O) groups excluding carboxylic acids is 2. The minimum atomic E-state index is -0.456. The highest BCUT2D eigenvalue weighted by molar-refractivity contribution is 7.17. The van der Waals surface area contributed by atoms with E-state index in [4.69, 9.17) is 0 Å². The number of aromatic nitrogens is 1. The van der Waals surface area contributed by atoms with Crippen molar-refractivity contribution in [1.82, 2.24) is 4.98 Å². The lowest BCUT2D eigenvalue weighted by atomic mass is 9.97. The summed E-state index contributed by atoms with van der Waals surface area (Å²) in [6, 6.07) is 9.31. The number of hydrogen-bond donors (Lipinski definition) is 2. The fourth-order valence-electron chi connectivity index (χ4n) is 5.27. The van der Waals surface area contributed by atoms with Gasteiger partial charge in [0, 0.05) is 9.75 Å². The van der Waals surface area contributed by atoms with E-state index in [0.717, 1.165) is 75.3 Å². The molecular weight excluding hydrogens is 514 g/mol. The molecule has 5 rings (SSSR count). The molecule has 3 heterocycles. The van der Waals surface area contributed by atoms with E-state index in [9.17, 15) is 20.1 Å². The van der Waals surface area contributed by atoms with Crippen LogP contribution in [0, 0.1) is 22.7 Å². The average molecular weight is 544 g/mol. The molecule has 194 valence electrons. The van der Waals surface area contributed by atoms with Gasteiger partial charge in [-0.2, -0.15) is 10.5 Å². The Hall–Kier alpha value is -3.53. The molecule has 0 saturated heterocycles. The van der Waals surface area contributed by atoms with E-state index in [-0.39, 0.29) is 11.4 Å². The fourth-order valence-corrected chi connectivity index (χ4v) is 7.74. The molecule has 0 aliphatic heterocycles. The van der Waals surface area contributed by atoms with Gasteiger partial charge >= 0.3 is 0 Å². The Kier molecular flexibility index (Phi) is 8.17. The zero-order valence-electron chi connectivity index (χ0n) is 21.2. The largest absolute Gasteiger partial charge is 0.311 e. The summed E-state index contributed by atoms with van der Waals surface area (Å²) in [4.78, 5) is 32.9. The first-order valence-corrected chi connectivity index (χ1v) is 14.9. The minimum Gasteiger partial charge on any atom is -0.311 e. The number of nitrogens with one attached hydrogen (secondary N) is 2. The van der Waals surface area contributed by atoms with Crippen molar-refractivity contribution in [3.63, 3.8) is 0 Å². The summed E-state index contributed by atoms with van der Waals surface area (Å²) >= 11 is 2.95. The third-order valence-corrected chi connectivity index (χ3v) is 9.65. The summed E-state index contributed by atoms with van der Waals surface area (Å²) in [5, 5.41) is 26.5. The highest BCUT2D eigenvalue weighted by Crippen LogP contribution is 2.38. The molecule has 2 N–H and O–H groups in total. The van der Waals surface area contributed by atoms with Crippen molar-refractivity contribution in [2.24, 2.45) is 0 Å². The lowest BCUT2D eigenvalue weighted by Gasteiger charge is -2.09. The van der Waals surface area contributed by atoms with Crippen molar-refractivity contribution < 1.29 is 9.59 Å². The lowest BCUT2D eigenvalue weighted by molar-refractivity contribution is 0.101. The highest BCUT2D eigenvalue weighted by atomic mass is 32.1.